The Morgan fingerprint density at radius 2 is 2.25 bits per heavy atom. The smallest absolute Gasteiger partial charge is 0.317 e. The molecule has 1 saturated carbocycles. The van der Waals surface area contributed by atoms with Crippen LogP contribution < -0.4 is 5.32 Å². The maximum Gasteiger partial charge on any atom is 0.317 e. The fourth-order valence-electron chi connectivity index (χ4n) is 4.70. The fraction of sp³-hybridized carbons (Fsp3) is 0.474. The lowest BCUT2D eigenvalue weighted by molar-refractivity contribution is 0.178. The van der Waals surface area contributed by atoms with Crippen LogP contribution in [0, 0.1) is 5.92 Å². The molecule has 5 heteroatoms. The van der Waals surface area contributed by atoms with Crippen molar-refractivity contribution in [3.05, 3.63) is 53.3 Å². The van der Waals surface area contributed by atoms with Gasteiger partial charge < -0.3 is 10.2 Å². The number of carbonyl (C=O) groups is 1. The van der Waals surface area contributed by atoms with Crippen molar-refractivity contribution in [1.29, 1.82) is 0 Å². The molecule has 4 unspecified atom stereocenters. The second-order valence-corrected chi connectivity index (χ2v) is 7.38. The zero-order chi connectivity index (χ0) is 16.1. The van der Waals surface area contributed by atoms with Crippen LogP contribution in [0.5, 0.6) is 0 Å². The van der Waals surface area contributed by atoms with Gasteiger partial charge >= 0.3 is 6.03 Å². The van der Waals surface area contributed by atoms with Gasteiger partial charge in [-0.05, 0) is 41.9 Å². The topological polar surface area (TPSA) is 61.0 Å². The summed E-state index contributed by atoms with van der Waals surface area (Å²) in [5.74, 6) is 1.56. The number of aromatic amines is 1. The monoisotopic (exact) mass is 322 g/mol. The number of likely N-dealkylation sites (tertiary alicyclic amines) is 1. The van der Waals surface area contributed by atoms with Gasteiger partial charge in [-0.15, -0.1) is 0 Å². The SMILES string of the molecule is O=C(NC1C2Cc3ccccc3C21)N1CCCC(c2cn[nH]c2)C1. The van der Waals surface area contributed by atoms with Gasteiger partial charge in [-0.2, -0.15) is 5.10 Å². The molecule has 4 atom stereocenters. The van der Waals surface area contributed by atoms with E-state index in [1.54, 1.807) is 0 Å². The summed E-state index contributed by atoms with van der Waals surface area (Å²) in [5.41, 5.74) is 4.13. The average Bonchev–Trinajstić information content (AvgIpc) is 3.02. The molecule has 5 nitrogen and oxygen atoms in total. The molecule has 1 aromatic carbocycles. The third-order valence-corrected chi connectivity index (χ3v) is 6.03. The maximum atomic E-state index is 12.7. The summed E-state index contributed by atoms with van der Waals surface area (Å²) in [6, 6.07) is 9.11. The van der Waals surface area contributed by atoms with E-state index in [1.165, 1.54) is 16.7 Å². The van der Waals surface area contributed by atoms with Crippen LogP contribution in [0.15, 0.2) is 36.7 Å². The molecule has 1 aliphatic heterocycles. The number of fused-ring (bicyclic) bond motifs is 3. The number of piperidine rings is 1. The molecule has 0 radical (unpaired) electrons. The number of nitrogens with zero attached hydrogens (tertiary/aromatic N) is 2. The molecule has 2 aliphatic carbocycles. The molecule has 2 fully saturated rings. The first-order chi connectivity index (χ1) is 11.8. The number of aromatic nitrogens is 2. The van der Waals surface area contributed by atoms with Crippen LogP contribution in [-0.4, -0.2) is 40.3 Å². The van der Waals surface area contributed by atoms with Crippen molar-refractivity contribution in [2.75, 3.05) is 13.1 Å². The molecule has 5 rings (SSSR count). The third kappa shape index (κ3) is 2.22. The van der Waals surface area contributed by atoms with Crippen LogP contribution in [0.4, 0.5) is 4.79 Å². The standard InChI is InChI=1S/C19H22N4O/c24-19(23-7-3-5-13(11-23)14-9-20-21-10-14)22-18-16-8-12-4-1-2-6-15(12)17(16)18/h1-2,4,6,9-10,13,16-18H,3,5,7-8,11H2,(H,20,21)(H,22,24). The molecule has 2 N–H and O–H groups in total. The summed E-state index contributed by atoms with van der Waals surface area (Å²) in [6.45, 7) is 1.66. The number of rotatable bonds is 2. The van der Waals surface area contributed by atoms with Crippen molar-refractivity contribution in [1.82, 2.24) is 20.4 Å². The largest absolute Gasteiger partial charge is 0.334 e. The number of amides is 2. The van der Waals surface area contributed by atoms with Gasteiger partial charge in [0.2, 0.25) is 0 Å². The quantitative estimate of drug-likeness (QED) is 0.893. The van der Waals surface area contributed by atoms with Gasteiger partial charge in [-0.3, -0.25) is 5.10 Å². The Hall–Kier alpha value is -2.30. The zero-order valence-electron chi connectivity index (χ0n) is 13.6. The minimum absolute atomic E-state index is 0.111. The molecular formula is C19H22N4O. The number of hydrogen-bond donors (Lipinski definition) is 2. The van der Waals surface area contributed by atoms with E-state index in [9.17, 15) is 4.79 Å². The number of carbonyl (C=O) groups excluding carboxylic acids is 1. The maximum absolute atomic E-state index is 12.7. The number of urea groups is 1. The number of nitrogens with one attached hydrogen (secondary N) is 2. The first-order valence-corrected chi connectivity index (χ1v) is 8.93. The second-order valence-electron chi connectivity index (χ2n) is 7.38. The van der Waals surface area contributed by atoms with Gasteiger partial charge in [0, 0.05) is 37.2 Å². The van der Waals surface area contributed by atoms with Crippen LogP contribution in [0.25, 0.3) is 0 Å². The van der Waals surface area contributed by atoms with Gasteiger partial charge in [0.1, 0.15) is 0 Å². The normalized spacial score (nSPS) is 30.6. The predicted octanol–water partition coefficient (Wildman–Crippen LogP) is 2.64. The molecule has 2 heterocycles. The molecule has 0 bridgehead atoms. The Bertz CT molecular complexity index is 756. The number of benzene rings is 1. The lowest BCUT2D eigenvalue weighted by Crippen LogP contribution is -2.46. The number of hydrogen-bond acceptors (Lipinski definition) is 2. The van der Waals surface area contributed by atoms with Gasteiger partial charge in [0.25, 0.3) is 0 Å². The van der Waals surface area contributed by atoms with Crippen molar-refractivity contribution in [3.8, 4) is 0 Å². The summed E-state index contributed by atoms with van der Waals surface area (Å²) in [4.78, 5) is 14.7. The minimum Gasteiger partial charge on any atom is -0.334 e. The summed E-state index contributed by atoms with van der Waals surface area (Å²) >= 11 is 0. The van der Waals surface area contributed by atoms with Crippen molar-refractivity contribution < 1.29 is 4.79 Å². The Morgan fingerprint density at radius 3 is 3.12 bits per heavy atom. The molecule has 1 saturated heterocycles. The summed E-state index contributed by atoms with van der Waals surface area (Å²) in [7, 11) is 0. The van der Waals surface area contributed by atoms with E-state index in [-0.39, 0.29) is 6.03 Å². The molecule has 2 amide bonds. The molecule has 1 aromatic heterocycles. The lowest BCUT2D eigenvalue weighted by Gasteiger charge is -2.32. The fourth-order valence-corrected chi connectivity index (χ4v) is 4.70. The zero-order valence-corrected chi connectivity index (χ0v) is 13.6. The van der Waals surface area contributed by atoms with E-state index in [4.69, 9.17) is 0 Å². The highest BCUT2D eigenvalue weighted by molar-refractivity contribution is 5.76. The molecule has 124 valence electrons. The van der Waals surface area contributed by atoms with E-state index in [0.29, 0.717) is 23.8 Å². The van der Waals surface area contributed by atoms with Crippen LogP contribution in [0.1, 0.15) is 41.4 Å². The van der Waals surface area contributed by atoms with Crippen LogP contribution in [0.2, 0.25) is 0 Å². The van der Waals surface area contributed by atoms with E-state index in [2.05, 4.69) is 39.8 Å². The molecule has 0 spiro atoms. The van der Waals surface area contributed by atoms with Gasteiger partial charge in [0.05, 0.1) is 6.20 Å². The summed E-state index contributed by atoms with van der Waals surface area (Å²) < 4.78 is 0. The first kappa shape index (κ1) is 14.1. The molecular weight excluding hydrogens is 300 g/mol. The summed E-state index contributed by atoms with van der Waals surface area (Å²) in [6.07, 6.45) is 7.14. The highest BCUT2D eigenvalue weighted by Gasteiger charge is 2.56. The van der Waals surface area contributed by atoms with Crippen molar-refractivity contribution in [3.63, 3.8) is 0 Å². The van der Waals surface area contributed by atoms with Crippen LogP contribution in [-0.2, 0) is 6.42 Å². The van der Waals surface area contributed by atoms with Crippen LogP contribution >= 0.6 is 0 Å². The highest BCUT2D eigenvalue weighted by atomic mass is 16.2. The minimum atomic E-state index is 0.111. The van der Waals surface area contributed by atoms with Gasteiger partial charge in [0.15, 0.2) is 0 Å². The van der Waals surface area contributed by atoms with Gasteiger partial charge in [-0.1, -0.05) is 24.3 Å². The predicted molar refractivity (Wildman–Crippen MR) is 90.8 cm³/mol. The van der Waals surface area contributed by atoms with Gasteiger partial charge in [-0.25, -0.2) is 4.79 Å². The van der Waals surface area contributed by atoms with Crippen molar-refractivity contribution in [2.45, 2.75) is 37.1 Å². The Kier molecular flexibility index (Phi) is 3.15. The van der Waals surface area contributed by atoms with E-state index >= 15 is 0 Å². The third-order valence-electron chi connectivity index (χ3n) is 6.03. The van der Waals surface area contributed by atoms with Crippen molar-refractivity contribution >= 4 is 6.03 Å². The Morgan fingerprint density at radius 1 is 1.33 bits per heavy atom. The number of H-pyrrole nitrogens is 1. The van der Waals surface area contributed by atoms with Crippen molar-refractivity contribution in [2.24, 2.45) is 5.92 Å². The molecule has 2 aromatic rings. The molecule has 3 aliphatic rings. The Balaban J connectivity index is 1.23. The Labute approximate surface area is 141 Å². The van der Waals surface area contributed by atoms with Crippen LogP contribution in [0.3, 0.4) is 0 Å². The summed E-state index contributed by atoms with van der Waals surface area (Å²) in [5, 5.41) is 10.2. The average molecular weight is 322 g/mol. The van der Waals surface area contributed by atoms with E-state index in [1.807, 2.05) is 17.3 Å². The second kappa shape index (κ2) is 5.36. The highest BCUT2D eigenvalue weighted by Crippen LogP contribution is 2.56. The lowest BCUT2D eigenvalue weighted by atomic mass is 9.93. The first-order valence-electron chi connectivity index (χ1n) is 8.93. The van der Waals surface area contributed by atoms with E-state index in [0.717, 1.165) is 32.4 Å². The molecule has 24 heavy (non-hydrogen) atoms. The van der Waals surface area contributed by atoms with E-state index < -0.39 is 0 Å².